The molecule has 146 valence electrons. The minimum Gasteiger partial charge on any atom is -0.355 e. The van der Waals surface area contributed by atoms with E-state index >= 15 is 0 Å². The van der Waals surface area contributed by atoms with E-state index in [4.69, 9.17) is 11.6 Å². The fourth-order valence-corrected chi connectivity index (χ4v) is 4.93. The highest BCUT2D eigenvalue weighted by Crippen LogP contribution is 2.30. The summed E-state index contributed by atoms with van der Waals surface area (Å²) < 4.78 is 42.4. The predicted molar refractivity (Wildman–Crippen MR) is 105 cm³/mol. The van der Waals surface area contributed by atoms with E-state index in [9.17, 15) is 17.6 Å². The lowest BCUT2D eigenvalue weighted by atomic mass is 9.96. The summed E-state index contributed by atoms with van der Waals surface area (Å²) in [5.41, 5.74) is 0.574. The number of amidine groups is 1. The summed E-state index contributed by atoms with van der Waals surface area (Å²) in [5, 5.41) is 2.91. The van der Waals surface area contributed by atoms with Gasteiger partial charge in [-0.3, -0.25) is 4.79 Å². The first kappa shape index (κ1) is 18.9. The Bertz CT molecular complexity index is 1090. The Morgan fingerprint density at radius 3 is 2.86 bits per heavy atom. The molecule has 1 amide bonds. The Morgan fingerprint density at radius 1 is 1.25 bits per heavy atom. The van der Waals surface area contributed by atoms with E-state index in [0.29, 0.717) is 42.4 Å². The second kappa shape index (κ2) is 7.18. The lowest BCUT2D eigenvalue weighted by Gasteiger charge is -2.33. The van der Waals surface area contributed by atoms with Crippen molar-refractivity contribution in [2.75, 3.05) is 18.4 Å². The molecule has 0 aromatic heterocycles. The van der Waals surface area contributed by atoms with Crippen LogP contribution in [0.4, 0.5) is 10.1 Å². The molecule has 6 nitrogen and oxygen atoms in total. The number of hydrogen-bond donors (Lipinski definition) is 1. The minimum atomic E-state index is -3.72. The molecule has 28 heavy (non-hydrogen) atoms. The van der Waals surface area contributed by atoms with Crippen LogP contribution in [-0.2, 0) is 14.8 Å². The lowest BCUT2D eigenvalue weighted by Crippen LogP contribution is -2.43. The van der Waals surface area contributed by atoms with E-state index < -0.39 is 21.8 Å². The molecule has 0 aliphatic carbocycles. The molecule has 0 radical (unpaired) electrons. The highest BCUT2D eigenvalue weighted by Gasteiger charge is 2.35. The van der Waals surface area contributed by atoms with Gasteiger partial charge in [-0.15, -0.1) is 4.40 Å². The number of nitrogens with one attached hydrogen (secondary N) is 1. The molecule has 0 saturated carbocycles. The lowest BCUT2D eigenvalue weighted by molar-refractivity contribution is -0.121. The molecule has 9 heteroatoms. The number of nitrogens with zero attached hydrogens (tertiary/aromatic N) is 2. The van der Waals surface area contributed by atoms with E-state index in [1.165, 1.54) is 24.3 Å². The number of rotatable bonds is 2. The maximum absolute atomic E-state index is 13.9. The Hall–Kier alpha value is -2.45. The smallest absolute Gasteiger partial charge is 0.285 e. The van der Waals surface area contributed by atoms with E-state index in [0.717, 1.165) is 0 Å². The maximum atomic E-state index is 13.9. The summed E-state index contributed by atoms with van der Waals surface area (Å²) in [7, 11) is -3.72. The third kappa shape index (κ3) is 3.49. The molecular formula is C19H17ClFN3O3S. The average molecular weight is 422 g/mol. The van der Waals surface area contributed by atoms with Crippen LogP contribution < -0.4 is 5.32 Å². The standard InChI is InChI=1S/C19H17ClFN3O3S/c20-13-7-8-15(21)16(10-13)22-19(25)12-4-3-9-24(11-12)18-14-5-1-2-6-17(14)28(26,27)23-18/h1-2,5-8,10,12H,3-4,9,11H2,(H,22,25). The molecule has 2 aliphatic heterocycles. The van der Waals surface area contributed by atoms with Gasteiger partial charge in [-0.25, -0.2) is 4.39 Å². The Morgan fingerprint density at radius 2 is 2.04 bits per heavy atom. The summed E-state index contributed by atoms with van der Waals surface area (Å²) in [4.78, 5) is 14.6. The van der Waals surface area contributed by atoms with Gasteiger partial charge in [0.1, 0.15) is 10.7 Å². The Balaban J connectivity index is 1.54. The van der Waals surface area contributed by atoms with Gasteiger partial charge in [-0.05, 0) is 43.2 Å². The third-order valence-corrected chi connectivity index (χ3v) is 6.45. The van der Waals surface area contributed by atoms with Gasteiger partial charge >= 0.3 is 0 Å². The van der Waals surface area contributed by atoms with Crippen molar-refractivity contribution in [3.05, 3.63) is 58.9 Å². The minimum absolute atomic E-state index is 0.0285. The summed E-state index contributed by atoms with van der Waals surface area (Å²) in [6.45, 7) is 0.898. The van der Waals surface area contributed by atoms with Crippen LogP contribution in [0.25, 0.3) is 0 Å². The number of sulfonamides is 1. The fraction of sp³-hybridized carbons (Fsp3) is 0.263. The first-order chi connectivity index (χ1) is 13.3. The monoisotopic (exact) mass is 421 g/mol. The van der Waals surface area contributed by atoms with Gasteiger partial charge in [-0.1, -0.05) is 23.7 Å². The molecule has 1 saturated heterocycles. The molecule has 4 rings (SSSR count). The van der Waals surface area contributed by atoms with Crippen LogP contribution in [0.3, 0.4) is 0 Å². The number of piperidine rings is 1. The molecule has 2 aliphatic rings. The zero-order chi connectivity index (χ0) is 19.9. The largest absolute Gasteiger partial charge is 0.355 e. The van der Waals surface area contributed by atoms with Gasteiger partial charge in [0.2, 0.25) is 5.91 Å². The summed E-state index contributed by atoms with van der Waals surface area (Å²) in [6.07, 6.45) is 1.31. The van der Waals surface area contributed by atoms with E-state index in [1.807, 2.05) is 4.90 Å². The van der Waals surface area contributed by atoms with Gasteiger partial charge in [0, 0.05) is 23.7 Å². The highest BCUT2D eigenvalue weighted by molar-refractivity contribution is 7.90. The van der Waals surface area contributed by atoms with Gasteiger partial charge in [-0.2, -0.15) is 8.42 Å². The van der Waals surface area contributed by atoms with Gasteiger partial charge in [0.15, 0.2) is 5.84 Å². The molecule has 1 N–H and O–H groups in total. The number of hydrogen-bond acceptors (Lipinski definition) is 4. The Labute approximate surface area is 167 Å². The van der Waals surface area contributed by atoms with Crippen molar-refractivity contribution in [1.82, 2.24) is 4.90 Å². The normalized spacial score (nSPS) is 20.4. The third-order valence-electron chi connectivity index (χ3n) is 4.89. The molecule has 2 aromatic carbocycles. The van der Waals surface area contributed by atoms with Gasteiger partial charge in [0.05, 0.1) is 11.6 Å². The van der Waals surface area contributed by atoms with Crippen LogP contribution in [0.2, 0.25) is 5.02 Å². The van der Waals surface area contributed by atoms with E-state index in [-0.39, 0.29) is 16.5 Å². The maximum Gasteiger partial charge on any atom is 0.285 e. The number of anilines is 1. The molecule has 0 spiro atoms. The van der Waals surface area contributed by atoms with Gasteiger partial charge < -0.3 is 10.2 Å². The number of fused-ring (bicyclic) bond motifs is 1. The predicted octanol–water partition coefficient (Wildman–Crippen LogP) is 3.28. The molecule has 1 fully saturated rings. The fourth-order valence-electron chi connectivity index (χ4n) is 3.53. The number of halogens is 2. The first-order valence-electron chi connectivity index (χ1n) is 8.80. The summed E-state index contributed by atoms with van der Waals surface area (Å²) >= 11 is 5.87. The van der Waals surface area contributed by atoms with Crippen LogP contribution in [0, 0.1) is 11.7 Å². The van der Waals surface area contributed by atoms with Crippen LogP contribution in [0.1, 0.15) is 18.4 Å². The molecule has 0 bridgehead atoms. The number of carbonyl (C=O) groups is 1. The first-order valence-corrected chi connectivity index (χ1v) is 10.6. The van der Waals surface area contributed by atoms with E-state index in [2.05, 4.69) is 9.71 Å². The molecule has 2 heterocycles. The molecular weight excluding hydrogens is 405 g/mol. The van der Waals surface area contributed by atoms with Crippen LogP contribution >= 0.6 is 11.6 Å². The van der Waals surface area contributed by atoms with Crippen molar-refractivity contribution in [3.8, 4) is 0 Å². The molecule has 1 atom stereocenters. The van der Waals surface area contributed by atoms with Crippen molar-refractivity contribution in [1.29, 1.82) is 0 Å². The quantitative estimate of drug-likeness (QED) is 0.807. The van der Waals surface area contributed by atoms with Crippen molar-refractivity contribution >= 4 is 39.1 Å². The SMILES string of the molecule is O=C(Nc1cc(Cl)ccc1F)C1CCCN(C2=NS(=O)(=O)c3ccccc32)C1. The van der Waals surface area contributed by atoms with E-state index in [1.54, 1.807) is 18.2 Å². The number of likely N-dealkylation sites (tertiary alicyclic amines) is 1. The van der Waals surface area contributed by atoms with Crippen molar-refractivity contribution in [3.63, 3.8) is 0 Å². The van der Waals surface area contributed by atoms with Crippen molar-refractivity contribution in [2.45, 2.75) is 17.7 Å². The van der Waals surface area contributed by atoms with Crippen LogP contribution in [-0.4, -0.2) is 38.2 Å². The summed E-state index contributed by atoms with van der Waals surface area (Å²) in [5.74, 6) is -0.960. The zero-order valence-electron chi connectivity index (χ0n) is 14.7. The molecule has 1 unspecified atom stereocenters. The number of amides is 1. The highest BCUT2D eigenvalue weighted by atomic mass is 35.5. The summed E-state index contributed by atoms with van der Waals surface area (Å²) in [6, 6.07) is 10.6. The Kier molecular flexibility index (Phi) is 4.84. The number of carbonyl (C=O) groups excluding carboxylic acids is 1. The number of benzene rings is 2. The van der Waals surface area contributed by atoms with Crippen LogP contribution in [0.15, 0.2) is 51.8 Å². The van der Waals surface area contributed by atoms with Crippen LogP contribution in [0.5, 0.6) is 0 Å². The van der Waals surface area contributed by atoms with Crippen molar-refractivity contribution in [2.24, 2.45) is 10.3 Å². The molecule has 2 aromatic rings. The van der Waals surface area contributed by atoms with Crippen molar-refractivity contribution < 1.29 is 17.6 Å². The zero-order valence-corrected chi connectivity index (χ0v) is 16.3. The second-order valence-corrected chi connectivity index (χ2v) is 8.79. The van der Waals surface area contributed by atoms with Gasteiger partial charge in [0.25, 0.3) is 10.0 Å². The second-order valence-electron chi connectivity index (χ2n) is 6.78. The average Bonchev–Trinajstić information content (AvgIpc) is 2.96. The topological polar surface area (TPSA) is 78.8 Å².